The fraction of sp³-hybridized carbons (Fsp3) is 0.320. The van der Waals surface area contributed by atoms with Crippen LogP contribution in [0.4, 0.5) is 0 Å². The van der Waals surface area contributed by atoms with E-state index in [-0.39, 0.29) is 0 Å². The molecule has 0 fully saturated rings. The molecule has 0 atom stereocenters. The van der Waals surface area contributed by atoms with Gasteiger partial charge in [0.1, 0.15) is 5.75 Å². The second-order valence-electron chi connectivity index (χ2n) is 6.90. The van der Waals surface area contributed by atoms with Gasteiger partial charge in [-0.3, -0.25) is 0 Å². The number of aromatic nitrogens is 1. The van der Waals surface area contributed by atoms with Crippen molar-refractivity contribution >= 4 is 17.0 Å². The highest BCUT2D eigenvalue weighted by Crippen LogP contribution is 2.39. The van der Waals surface area contributed by atoms with Crippen molar-refractivity contribution in [1.82, 2.24) is 4.98 Å². The number of ether oxygens (including phenoxy) is 1. The smallest absolute Gasteiger partial charge is 0.138 e. The Kier molecular flexibility index (Phi) is 7.04. The minimum absolute atomic E-state index is 0.733. The summed E-state index contributed by atoms with van der Waals surface area (Å²) in [6, 6.07) is 18.5. The average Bonchev–Trinajstić information content (AvgIpc) is 2.73. The Morgan fingerprint density at radius 3 is 2.37 bits per heavy atom. The van der Waals surface area contributed by atoms with Crippen LogP contribution in [-0.4, -0.2) is 11.6 Å². The number of nitrogens with zero attached hydrogens (tertiary/aromatic N) is 1. The van der Waals surface area contributed by atoms with E-state index >= 15 is 0 Å². The maximum absolute atomic E-state index is 6.37. The van der Waals surface area contributed by atoms with Crippen molar-refractivity contribution in [2.75, 3.05) is 6.61 Å². The zero-order valence-electron chi connectivity index (χ0n) is 16.3. The fourth-order valence-electron chi connectivity index (χ4n) is 3.44. The lowest BCUT2D eigenvalue weighted by Gasteiger charge is -2.17. The number of hydrogen-bond donors (Lipinski definition) is 0. The van der Waals surface area contributed by atoms with E-state index in [2.05, 4.69) is 43.8 Å². The van der Waals surface area contributed by atoms with Crippen molar-refractivity contribution in [3.63, 3.8) is 0 Å². The van der Waals surface area contributed by atoms with Crippen molar-refractivity contribution in [1.29, 1.82) is 0 Å². The molecule has 1 aromatic heterocycles. The summed E-state index contributed by atoms with van der Waals surface area (Å²) in [7, 11) is 0. The summed E-state index contributed by atoms with van der Waals surface area (Å²) in [5.74, 6) is 0.926. The number of fused-ring (bicyclic) bond motifs is 1. The van der Waals surface area contributed by atoms with Crippen LogP contribution < -0.4 is 4.74 Å². The number of benzene rings is 2. The lowest BCUT2D eigenvalue weighted by Crippen LogP contribution is -2.02. The first-order valence-corrected chi connectivity index (χ1v) is 10.1. The van der Waals surface area contributed by atoms with Gasteiger partial charge in [-0.2, -0.15) is 0 Å². The second kappa shape index (κ2) is 9.91. The molecule has 3 aromatic rings. The highest BCUT2D eigenvalue weighted by atomic mass is 16.5. The average molecular weight is 360 g/mol. The Morgan fingerprint density at radius 2 is 1.59 bits per heavy atom. The Hall–Kier alpha value is -2.61. The Labute approximate surface area is 162 Å². The summed E-state index contributed by atoms with van der Waals surface area (Å²) in [5, 5.41) is 1.06. The predicted molar refractivity (Wildman–Crippen MR) is 116 cm³/mol. The Morgan fingerprint density at radius 1 is 0.889 bits per heavy atom. The van der Waals surface area contributed by atoms with Crippen molar-refractivity contribution in [3.8, 4) is 16.9 Å². The maximum atomic E-state index is 6.37. The standard InChI is InChI=1S/C25H29NO/c1-3-5-6-7-8-14-19-27-25-21-17-12-13-18-23(21)26-22(4-2)24(25)20-15-10-9-11-16-20/h4,9-13,15-18H,2-3,5-8,14,19H2,1H3. The van der Waals surface area contributed by atoms with Crippen molar-refractivity contribution in [2.45, 2.75) is 45.4 Å². The third kappa shape index (κ3) is 4.77. The zero-order valence-corrected chi connectivity index (χ0v) is 16.3. The van der Waals surface area contributed by atoms with Crippen LogP contribution in [0.3, 0.4) is 0 Å². The highest BCUT2D eigenvalue weighted by molar-refractivity contribution is 5.95. The van der Waals surface area contributed by atoms with Gasteiger partial charge < -0.3 is 4.74 Å². The molecule has 27 heavy (non-hydrogen) atoms. The van der Waals surface area contributed by atoms with Crippen LogP contribution in [-0.2, 0) is 0 Å². The molecule has 0 radical (unpaired) electrons. The number of para-hydroxylation sites is 1. The van der Waals surface area contributed by atoms with E-state index in [1.807, 2.05) is 30.3 Å². The van der Waals surface area contributed by atoms with Gasteiger partial charge in [0.2, 0.25) is 0 Å². The van der Waals surface area contributed by atoms with Crippen LogP contribution in [0.1, 0.15) is 51.1 Å². The third-order valence-electron chi connectivity index (χ3n) is 4.87. The molecule has 0 aliphatic rings. The zero-order chi connectivity index (χ0) is 18.9. The van der Waals surface area contributed by atoms with E-state index in [9.17, 15) is 0 Å². The van der Waals surface area contributed by atoms with Gasteiger partial charge >= 0.3 is 0 Å². The second-order valence-corrected chi connectivity index (χ2v) is 6.90. The first kappa shape index (κ1) is 19.2. The molecule has 0 amide bonds. The highest BCUT2D eigenvalue weighted by Gasteiger charge is 2.16. The molecular weight excluding hydrogens is 330 g/mol. The van der Waals surface area contributed by atoms with E-state index in [0.717, 1.165) is 46.5 Å². The first-order valence-electron chi connectivity index (χ1n) is 10.1. The minimum atomic E-state index is 0.733. The molecule has 2 nitrogen and oxygen atoms in total. The van der Waals surface area contributed by atoms with E-state index in [4.69, 9.17) is 9.72 Å². The quantitative estimate of drug-likeness (QED) is 0.355. The van der Waals surface area contributed by atoms with E-state index in [1.54, 1.807) is 0 Å². The van der Waals surface area contributed by atoms with Crippen LogP contribution in [0.2, 0.25) is 0 Å². The van der Waals surface area contributed by atoms with Crippen LogP contribution in [0.25, 0.3) is 28.1 Å². The SMILES string of the molecule is C=Cc1nc2ccccc2c(OCCCCCCCC)c1-c1ccccc1. The molecule has 0 aliphatic heterocycles. The largest absolute Gasteiger partial charge is 0.492 e. The normalized spacial score (nSPS) is 10.9. The van der Waals surface area contributed by atoms with Crippen LogP contribution in [0.15, 0.2) is 61.2 Å². The summed E-state index contributed by atoms with van der Waals surface area (Å²) in [6.45, 7) is 6.97. The monoisotopic (exact) mass is 359 g/mol. The lowest BCUT2D eigenvalue weighted by atomic mass is 9.99. The maximum Gasteiger partial charge on any atom is 0.138 e. The molecule has 1 heterocycles. The first-order chi connectivity index (χ1) is 13.3. The number of pyridine rings is 1. The van der Waals surface area contributed by atoms with E-state index < -0.39 is 0 Å². The molecule has 0 N–H and O–H groups in total. The molecule has 140 valence electrons. The van der Waals surface area contributed by atoms with Crippen molar-refractivity contribution < 1.29 is 4.74 Å². The van der Waals surface area contributed by atoms with E-state index in [0.29, 0.717) is 0 Å². The summed E-state index contributed by atoms with van der Waals surface area (Å²) in [5.41, 5.74) is 3.97. The number of rotatable bonds is 10. The molecule has 0 bridgehead atoms. The van der Waals surface area contributed by atoms with Crippen molar-refractivity contribution in [3.05, 3.63) is 66.9 Å². The van der Waals surface area contributed by atoms with E-state index in [1.165, 1.54) is 32.1 Å². The summed E-state index contributed by atoms with van der Waals surface area (Å²) in [6.07, 6.45) is 9.35. The molecule has 0 spiro atoms. The lowest BCUT2D eigenvalue weighted by molar-refractivity contribution is 0.308. The molecule has 0 saturated heterocycles. The predicted octanol–water partition coefficient (Wildman–Crippen LogP) is 7.28. The topological polar surface area (TPSA) is 22.1 Å². The third-order valence-corrected chi connectivity index (χ3v) is 4.87. The van der Waals surface area contributed by atoms with Gasteiger partial charge in [0.25, 0.3) is 0 Å². The van der Waals surface area contributed by atoms with Gasteiger partial charge in [-0.25, -0.2) is 4.98 Å². The summed E-state index contributed by atoms with van der Waals surface area (Å²) < 4.78 is 6.37. The Balaban J connectivity index is 1.90. The Bertz CT molecular complexity index is 870. The van der Waals surface area contributed by atoms with Gasteiger partial charge in [-0.05, 0) is 30.2 Å². The number of unbranched alkanes of at least 4 members (excludes halogenated alkanes) is 5. The molecular formula is C25H29NO. The van der Waals surface area contributed by atoms with Gasteiger partial charge in [-0.1, -0.05) is 88.1 Å². The summed E-state index contributed by atoms with van der Waals surface area (Å²) >= 11 is 0. The van der Waals surface area contributed by atoms with Gasteiger partial charge in [0.15, 0.2) is 0 Å². The molecule has 2 heteroatoms. The molecule has 0 unspecified atom stereocenters. The molecule has 3 rings (SSSR count). The van der Waals surface area contributed by atoms with Crippen molar-refractivity contribution in [2.24, 2.45) is 0 Å². The van der Waals surface area contributed by atoms with Crippen LogP contribution in [0, 0.1) is 0 Å². The molecule has 0 saturated carbocycles. The van der Waals surface area contributed by atoms with Gasteiger partial charge in [0, 0.05) is 5.39 Å². The van der Waals surface area contributed by atoms with Crippen LogP contribution in [0.5, 0.6) is 5.75 Å². The summed E-state index contributed by atoms with van der Waals surface area (Å²) in [4.78, 5) is 4.81. The minimum Gasteiger partial charge on any atom is -0.492 e. The van der Waals surface area contributed by atoms with Gasteiger partial charge in [-0.15, -0.1) is 0 Å². The molecule has 2 aromatic carbocycles. The molecule has 0 aliphatic carbocycles. The van der Waals surface area contributed by atoms with Gasteiger partial charge in [0.05, 0.1) is 23.4 Å². The van der Waals surface area contributed by atoms with Crippen LogP contribution >= 0.6 is 0 Å². The fourth-order valence-corrected chi connectivity index (χ4v) is 3.44. The number of hydrogen-bond acceptors (Lipinski definition) is 2.